The number of ether oxygens (including phenoxy) is 2. The van der Waals surface area contributed by atoms with Gasteiger partial charge in [-0.15, -0.1) is 0 Å². The van der Waals surface area contributed by atoms with Gasteiger partial charge in [0, 0.05) is 13.1 Å². The van der Waals surface area contributed by atoms with Gasteiger partial charge < -0.3 is 19.7 Å². The molecule has 0 fully saturated rings. The molecule has 0 heterocycles. The molecule has 3 aromatic carbocycles. The van der Waals surface area contributed by atoms with Gasteiger partial charge in [-0.05, 0) is 68.7 Å². The SMILES string of the molecule is CCCCNC(=O)[C@H](CC)N(Cc1cccc(OC)c1)C(=O)CN(c1ccccc1OCC)S(=O)(=O)c1ccc(C)cc1. The molecule has 1 atom stereocenters. The number of nitrogens with zero attached hydrogens (tertiary/aromatic N) is 2. The Hall–Kier alpha value is -4.05. The summed E-state index contributed by atoms with van der Waals surface area (Å²) in [5.74, 6) is 0.133. The Kier molecular flexibility index (Phi) is 12.4. The third-order valence-electron chi connectivity index (χ3n) is 7.02. The van der Waals surface area contributed by atoms with Crippen LogP contribution in [0.1, 0.15) is 51.2 Å². The van der Waals surface area contributed by atoms with Crippen LogP contribution in [0, 0.1) is 6.92 Å². The second-order valence-electron chi connectivity index (χ2n) is 10.2. The second-order valence-corrected chi connectivity index (χ2v) is 12.0. The molecule has 0 aromatic heterocycles. The van der Waals surface area contributed by atoms with Gasteiger partial charge in [0.25, 0.3) is 10.0 Å². The Morgan fingerprint density at radius 1 is 0.953 bits per heavy atom. The van der Waals surface area contributed by atoms with E-state index >= 15 is 0 Å². The number of carbonyl (C=O) groups is 2. The highest BCUT2D eigenvalue weighted by atomic mass is 32.2. The molecule has 0 spiro atoms. The maximum atomic E-state index is 14.3. The number of benzene rings is 3. The summed E-state index contributed by atoms with van der Waals surface area (Å²) in [6.45, 7) is 7.88. The van der Waals surface area contributed by atoms with Crippen molar-refractivity contribution in [3.8, 4) is 11.5 Å². The first-order valence-electron chi connectivity index (χ1n) is 14.7. The van der Waals surface area contributed by atoms with Gasteiger partial charge >= 0.3 is 0 Å². The van der Waals surface area contributed by atoms with E-state index in [0.29, 0.717) is 31.1 Å². The number of rotatable bonds is 16. The molecule has 3 rings (SSSR count). The number of aryl methyl sites for hydroxylation is 1. The average Bonchev–Trinajstić information content (AvgIpc) is 3.00. The van der Waals surface area contributed by atoms with Crippen LogP contribution in [0.5, 0.6) is 11.5 Å². The van der Waals surface area contributed by atoms with Gasteiger partial charge in [0.1, 0.15) is 24.1 Å². The minimum atomic E-state index is -4.21. The predicted octanol–water partition coefficient (Wildman–Crippen LogP) is 5.32. The smallest absolute Gasteiger partial charge is 0.264 e. The minimum Gasteiger partial charge on any atom is -0.497 e. The summed E-state index contributed by atoms with van der Waals surface area (Å²) in [6, 6.07) is 19.6. The van der Waals surface area contributed by atoms with Crippen molar-refractivity contribution in [2.24, 2.45) is 0 Å². The van der Waals surface area contributed by atoms with E-state index in [1.807, 2.05) is 32.9 Å². The van der Waals surface area contributed by atoms with Gasteiger partial charge in [0.2, 0.25) is 11.8 Å². The summed E-state index contributed by atoms with van der Waals surface area (Å²) in [5.41, 5.74) is 1.89. The molecule has 43 heavy (non-hydrogen) atoms. The third kappa shape index (κ3) is 8.73. The molecule has 9 nitrogen and oxygen atoms in total. The molecule has 0 aliphatic rings. The van der Waals surface area contributed by atoms with Crippen LogP contribution in [-0.4, -0.2) is 58.0 Å². The van der Waals surface area contributed by atoms with Crippen molar-refractivity contribution >= 4 is 27.5 Å². The highest BCUT2D eigenvalue weighted by Gasteiger charge is 2.34. The van der Waals surface area contributed by atoms with Crippen molar-refractivity contribution in [1.82, 2.24) is 10.2 Å². The van der Waals surface area contributed by atoms with Gasteiger partial charge in [0.15, 0.2) is 0 Å². The lowest BCUT2D eigenvalue weighted by molar-refractivity contribution is -0.140. The molecular formula is C33H43N3O6S. The summed E-state index contributed by atoms with van der Waals surface area (Å²) >= 11 is 0. The fraction of sp³-hybridized carbons (Fsp3) is 0.394. The number of para-hydroxylation sites is 2. The molecule has 0 saturated carbocycles. The van der Waals surface area contributed by atoms with E-state index in [1.54, 1.807) is 62.6 Å². The zero-order chi connectivity index (χ0) is 31.4. The van der Waals surface area contributed by atoms with Crippen LogP contribution in [0.25, 0.3) is 0 Å². The molecule has 2 amide bonds. The van der Waals surface area contributed by atoms with Crippen molar-refractivity contribution in [1.29, 1.82) is 0 Å². The first-order valence-corrected chi connectivity index (χ1v) is 16.1. The normalized spacial score (nSPS) is 11.8. The number of anilines is 1. The molecule has 0 unspecified atom stereocenters. The Balaban J connectivity index is 2.09. The maximum absolute atomic E-state index is 14.3. The number of unbranched alkanes of at least 4 members (excludes halogenated alkanes) is 1. The average molecular weight is 610 g/mol. The number of carbonyl (C=O) groups excluding carboxylic acids is 2. The lowest BCUT2D eigenvalue weighted by Gasteiger charge is -2.33. The Morgan fingerprint density at radius 2 is 1.67 bits per heavy atom. The van der Waals surface area contributed by atoms with Gasteiger partial charge in [0.05, 0.1) is 24.3 Å². The molecule has 0 saturated heterocycles. The summed E-state index contributed by atoms with van der Waals surface area (Å²) < 4.78 is 40.5. The van der Waals surface area contributed by atoms with Crippen molar-refractivity contribution in [2.45, 2.75) is 64.4 Å². The Bertz CT molecular complexity index is 1460. The number of hydrogen-bond acceptors (Lipinski definition) is 6. The molecule has 0 radical (unpaired) electrons. The van der Waals surface area contributed by atoms with Crippen LogP contribution in [0.15, 0.2) is 77.7 Å². The fourth-order valence-electron chi connectivity index (χ4n) is 4.68. The van der Waals surface area contributed by atoms with E-state index in [2.05, 4.69) is 5.32 Å². The van der Waals surface area contributed by atoms with Crippen LogP contribution in [0.2, 0.25) is 0 Å². The zero-order valence-corrected chi connectivity index (χ0v) is 26.5. The molecule has 0 aliphatic carbocycles. The predicted molar refractivity (Wildman–Crippen MR) is 169 cm³/mol. The van der Waals surface area contributed by atoms with Gasteiger partial charge in [-0.25, -0.2) is 8.42 Å². The molecule has 10 heteroatoms. The minimum absolute atomic E-state index is 0.0425. The molecule has 1 N–H and O–H groups in total. The van der Waals surface area contributed by atoms with Gasteiger partial charge in [-0.1, -0.05) is 62.2 Å². The number of sulfonamides is 1. The summed E-state index contributed by atoms with van der Waals surface area (Å²) in [5, 5.41) is 2.94. The molecule has 232 valence electrons. The van der Waals surface area contributed by atoms with Crippen molar-refractivity contribution < 1.29 is 27.5 Å². The van der Waals surface area contributed by atoms with Crippen molar-refractivity contribution in [2.75, 3.05) is 31.1 Å². The maximum Gasteiger partial charge on any atom is 0.264 e. The zero-order valence-electron chi connectivity index (χ0n) is 25.7. The lowest BCUT2D eigenvalue weighted by atomic mass is 10.1. The second kappa shape index (κ2) is 16.0. The number of hydrogen-bond donors (Lipinski definition) is 1. The standard InChI is InChI=1S/C33H43N3O6S/c1-6-9-21-34-33(38)29(7-2)35(23-26-13-12-14-27(22-26)41-5)32(37)24-36(30-15-10-11-16-31(30)42-8-3)43(39,40)28-19-17-25(4)18-20-28/h10-20,22,29H,6-9,21,23-24H2,1-5H3,(H,34,38)/t29-/m0/s1. The Labute approximate surface area is 255 Å². The van der Waals surface area contributed by atoms with Crippen LogP contribution in [-0.2, 0) is 26.2 Å². The first kappa shape index (κ1) is 33.5. The van der Waals surface area contributed by atoms with Gasteiger partial charge in [-0.2, -0.15) is 0 Å². The van der Waals surface area contributed by atoms with E-state index in [-0.39, 0.29) is 23.0 Å². The van der Waals surface area contributed by atoms with Crippen LogP contribution >= 0.6 is 0 Å². The topological polar surface area (TPSA) is 105 Å². The van der Waals surface area contributed by atoms with Crippen LogP contribution in [0.4, 0.5) is 5.69 Å². The fourth-order valence-corrected chi connectivity index (χ4v) is 6.11. The summed E-state index contributed by atoms with van der Waals surface area (Å²) in [7, 11) is -2.65. The molecular weight excluding hydrogens is 566 g/mol. The largest absolute Gasteiger partial charge is 0.497 e. The van der Waals surface area contributed by atoms with Gasteiger partial charge in [-0.3, -0.25) is 13.9 Å². The van der Waals surface area contributed by atoms with Crippen LogP contribution < -0.4 is 19.1 Å². The Morgan fingerprint density at radius 3 is 2.33 bits per heavy atom. The first-order chi connectivity index (χ1) is 20.7. The summed E-state index contributed by atoms with van der Waals surface area (Å²) in [6.07, 6.45) is 2.06. The van der Waals surface area contributed by atoms with E-state index in [9.17, 15) is 18.0 Å². The van der Waals surface area contributed by atoms with E-state index in [1.165, 1.54) is 17.0 Å². The molecule has 0 aliphatic heterocycles. The number of methoxy groups -OCH3 is 1. The van der Waals surface area contributed by atoms with Crippen molar-refractivity contribution in [3.63, 3.8) is 0 Å². The van der Waals surface area contributed by atoms with Crippen molar-refractivity contribution in [3.05, 3.63) is 83.9 Å². The van der Waals surface area contributed by atoms with E-state index < -0.39 is 28.5 Å². The number of amides is 2. The monoisotopic (exact) mass is 609 g/mol. The van der Waals surface area contributed by atoms with E-state index in [4.69, 9.17) is 9.47 Å². The number of nitrogens with one attached hydrogen (secondary N) is 1. The molecule has 3 aromatic rings. The highest BCUT2D eigenvalue weighted by Crippen LogP contribution is 2.33. The quantitative estimate of drug-likeness (QED) is 0.221. The van der Waals surface area contributed by atoms with E-state index in [0.717, 1.165) is 28.3 Å². The lowest BCUT2D eigenvalue weighted by Crippen LogP contribution is -2.52. The summed E-state index contributed by atoms with van der Waals surface area (Å²) in [4.78, 5) is 29.2. The highest BCUT2D eigenvalue weighted by molar-refractivity contribution is 7.92. The van der Waals surface area contributed by atoms with Crippen LogP contribution in [0.3, 0.4) is 0 Å². The third-order valence-corrected chi connectivity index (χ3v) is 8.80. The molecule has 0 bridgehead atoms.